The molecule has 0 aromatic heterocycles. The van der Waals surface area contributed by atoms with Gasteiger partial charge in [-0.1, -0.05) is 0 Å². The Kier molecular flexibility index (Phi) is 2.60. The summed E-state index contributed by atoms with van der Waals surface area (Å²) in [5.41, 5.74) is 0. The number of amides is 1. The van der Waals surface area contributed by atoms with Crippen molar-refractivity contribution in [1.82, 2.24) is 4.31 Å². The Hall–Kier alpha value is -0.620. The highest BCUT2D eigenvalue weighted by molar-refractivity contribution is 7.83. The van der Waals surface area contributed by atoms with Crippen molar-refractivity contribution in [2.24, 2.45) is 0 Å². The quantitative estimate of drug-likeness (QED) is 0.423. The summed E-state index contributed by atoms with van der Waals surface area (Å²) >= 11 is 0. The van der Waals surface area contributed by atoms with Gasteiger partial charge < -0.3 is 0 Å². The lowest BCUT2D eigenvalue weighted by atomic mass is 10.8. The van der Waals surface area contributed by atoms with Crippen molar-refractivity contribution in [3.05, 3.63) is 0 Å². The van der Waals surface area contributed by atoms with E-state index in [-0.39, 0.29) is 10.8 Å². The zero-order valence-electron chi connectivity index (χ0n) is 4.73. The molecule has 0 aliphatic carbocycles. The van der Waals surface area contributed by atoms with E-state index >= 15 is 0 Å². The zero-order valence-corrected chi connectivity index (χ0v) is 5.55. The first kappa shape index (κ1) is 8.38. The topological polar surface area (TPSA) is 74.7 Å². The number of carbonyl (C=O) groups excluding carboxylic acids is 1. The van der Waals surface area contributed by atoms with E-state index in [1.54, 1.807) is 0 Å². The van der Waals surface area contributed by atoms with Crippen molar-refractivity contribution < 1.29 is 17.8 Å². The highest BCUT2D eigenvalue weighted by Crippen LogP contribution is 1.89. The minimum Gasteiger partial charge on any atom is -0.269 e. The van der Waals surface area contributed by atoms with Crippen molar-refractivity contribution in [2.75, 3.05) is 6.54 Å². The average molecular weight is 152 g/mol. The van der Waals surface area contributed by atoms with Crippen LogP contribution in [0.15, 0.2) is 0 Å². The highest BCUT2D eigenvalue weighted by atomic mass is 32.2. The summed E-state index contributed by atoms with van der Waals surface area (Å²) in [6.45, 7) is 1.29. The molecule has 53 valence electrons. The molecule has 0 aromatic carbocycles. The van der Waals surface area contributed by atoms with Crippen LogP contribution in [0.25, 0.3) is 0 Å². The number of nitrogens with zero attached hydrogens (tertiary/aromatic N) is 1. The lowest BCUT2D eigenvalue weighted by molar-refractivity contribution is 0.410. The first-order valence-corrected chi connectivity index (χ1v) is 3.55. The van der Waals surface area contributed by atoms with Crippen LogP contribution in [0.1, 0.15) is 6.92 Å². The Labute approximate surface area is 53.2 Å². The molecule has 0 unspecified atom stereocenters. The summed E-state index contributed by atoms with van der Waals surface area (Å²) in [6.07, 6.45) is 1.04. The highest BCUT2D eigenvalue weighted by Gasteiger charge is 2.13. The van der Waals surface area contributed by atoms with E-state index in [2.05, 4.69) is 0 Å². The molecule has 0 saturated carbocycles. The maximum Gasteiger partial charge on any atom is 0.362 e. The Balaban J connectivity index is 4.32. The molecule has 0 saturated heterocycles. The standard InChI is InChI=1S/C3H6NO4S/c1-2-4(3-5)9(6,7)8/h2H2,1H3,(H,6,7,8). The molecule has 0 spiro atoms. The van der Waals surface area contributed by atoms with Gasteiger partial charge in [-0.2, -0.15) is 8.42 Å². The fourth-order valence-electron chi connectivity index (χ4n) is 0.275. The van der Waals surface area contributed by atoms with Crippen molar-refractivity contribution in [3.8, 4) is 0 Å². The molecule has 1 radical (unpaired) electrons. The van der Waals surface area contributed by atoms with Crippen molar-refractivity contribution in [3.63, 3.8) is 0 Å². The monoisotopic (exact) mass is 152 g/mol. The minimum atomic E-state index is -4.36. The third-order valence-corrected chi connectivity index (χ3v) is 1.56. The maximum absolute atomic E-state index is 10.0. The lowest BCUT2D eigenvalue weighted by Gasteiger charge is -2.06. The Morgan fingerprint density at radius 2 is 2.11 bits per heavy atom. The second-order valence-corrected chi connectivity index (χ2v) is 2.57. The molecule has 6 heteroatoms. The van der Waals surface area contributed by atoms with Gasteiger partial charge in [-0.25, -0.2) is 4.31 Å². The number of hydrogen-bond acceptors (Lipinski definition) is 3. The fourth-order valence-corrected chi connectivity index (χ4v) is 0.695. The van der Waals surface area contributed by atoms with E-state index in [4.69, 9.17) is 4.55 Å². The molecule has 0 heterocycles. The van der Waals surface area contributed by atoms with Gasteiger partial charge in [-0.05, 0) is 6.92 Å². The van der Waals surface area contributed by atoms with Gasteiger partial charge in [-0.3, -0.25) is 9.35 Å². The van der Waals surface area contributed by atoms with Gasteiger partial charge >= 0.3 is 16.7 Å². The minimum absolute atomic E-state index is 0.109. The number of hydrogen-bond donors (Lipinski definition) is 1. The first-order chi connectivity index (χ1) is 4.02. The third kappa shape index (κ3) is 2.43. The molecule has 0 fully saturated rings. The van der Waals surface area contributed by atoms with E-state index in [0.29, 0.717) is 0 Å². The maximum atomic E-state index is 10.0. The van der Waals surface area contributed by atoms with Crippen LogP contribution < -0.4 is 0 Å². The van der Waals surface area contributed by atoms with Crippen LogP contribution in [0.5, 0.6) is 0 Å². The van der Waals surface area contributed by atoms with Gasteiger partial charge in [0.05, 0.1) is 0 Å². The average Bonchev–Trinajstić information content (AvgIpc) is 1.65. The second-order valence-electron chi connectivity index (χ2n) is 1.23. The molecular formula is C3H6NO4S. The summed E-state index contributed by atoms with van der Waals surface area (Å²) < 4.78 is 28.3. The molecule has 9 heavy (non-hydrogen) atoms. The van der Waals surface area contributed by atoms with E-state index in [1.165, 1.54) is 6.92 Å². The third-order valence-electron chi connectivity index (χ3n) is 0.668. The van der Waals surface area contributed by atoms with Crippen molar-refractivity contribution in [2.45, 2.75) is 6.92 Å². The predicted molar refractivity (Wildman–Crippen MR) is 29.6 cm³/mol. The summed E-state index contributed by atoms with van der Waals surface area (Å²) in [5, 5.41) is 0. The van der Waals surface area contributed by atoms with Crippen LogP contribution in [0, 0.1) is 0 Å². The largest absolute Gasteiger partial charge is 0.362 e. The second kappa shape index (κ2) is 2.79. The van der Waals surface area contributed by atoms with Crippen molar-refractivity contribution in [1.29, 1.82) is 0 Å². The Bertz CT molecular complexity index is 184. The SMILES string of the molecule is CCN([C]=O)S(=O)(=O)O. The van der Waals surface area contributed by atoms with Crippen molar-refractivity contribution >= 4 is 16.7 Å². The summed E-state index contributed by atoms with van der Waals surface area (Å²) in [6, 6.07) is 0. The Morgan fingerprint density at radius 3 is 2.11 bits per heavy atom. The molecule has 1 amide bonds. The van der Waals surface area contributed by atoms with E-state index < -0.39 is 10.3 Å². The first-order valence-electron chi connectivity index (χ1n) is 2.15. The summed E-state index contributed by atoms with van der Waals surface area (Å²) in [7, 11) is -4.36. The molecule has 0 bridgehead atoms. The normalized spacial score (nSPS) is 10.9. The van der Waals surface area contributed by atoms with E-state index in [1.807, 2.05) is 0 Å². The molecule has 0 rings (SSSR count). The smallest absolute Gasteiger partial charge is 0.269 e. The van der Waals surface area contributed by atoms with E-state index in [0.717, 1.165) is 6.41 Å². The van der Waals surface area contributed by atoms with Gasteiger partial charge in [0.25, 0.3) is 0 Å². The molecule has 0 atom stereocenters. The van der Waals surface area contributed by atoms with Crippen LogP contribution in [0.4, 0.5) is 0 Å². The molecule has 5 nitrogen and oxygen atoms in total. The molecular weight excluding hydrogens is 146 g/mol. The van der Waals surface area contributed by atoms with Gasteiger partial charge in [0.15, 0.2) is 0 Å². The fraction of sp³-hybridized carbons (Fsp3) is 0.667. The van der Waals surface area contributed by atoms with Crippen LogP contribution in [0.2, 0.25) is 0 Å². The van der Waals surface area contributed by atoms with Crippen LogP contribution >= 0.6 is 0 Å². The number of rotatable bonds is 3. The predicted octanol–water partition coefficient (Wildman–Crippen LogP) is -0.822. The molecule has 0 aromatic rings. The zero-order chi connectivity index (χ0) is 7.49. The van der Waals surface area contributed by atoms with Gasteiger partial charge in [-0.15, -0.1) is 0 Å². The molecule has 0 aliphatic rings. The van der Waals surface area contributed by atoms with Gasteiger partial charge in [0.2, 0.25) is 0 Å². The van der Waals surface area contributed by atoms with Crippen LogP contribution in [-0.4, -0.2) is 30.2 Å². The molecule has 0 aliphatic heterocycles. The Morgan fingerprint density at radius 1 is 1.67 bits per heavy atom. The van der Waals surface area contributed by atoms with Crippen LogP contribution in [0.3, 0.4) is 0 Å². The lowest BCUT2D eigenvalue weighted by Crippen LogP contribution is -2.28. The summed E-state index contributed by atoms with van der Waals surface area (Å²) in [4.78, 5) is 9.64. The van der Waals surface area contributed by atoms with Crippen LogP contribution in [-0.2, 0) is 15.1 Å². The van der Waals surface area contributed by atoms with Gasteiger partial charge in [0.1, 0.15) is 0 Å². The summed E-state index contributed by atoms with van der Waals surface area (Å²) in [5.74, 6) is 0. The van der Waals surface area contributed by atoms with Gasteiger partial charge in [0, 0.05) is 6.54 Å². The van der Waals surface area contributed by atoms with E-state index in [9.17, 15) is 13.2 Å². The molecule has 1 N–H and O–H groups in total.